The SMILES string of the molecule is COc1ccc(Cl)cc1CN1CCN(C(=O)Nc2ccc(Br)cc2)CC1. The van der Waals surface area contributed by atoms with Crippen molar-refractivity contribution in [2.75, 3.05) is 38.6 Å². The van der Waals surface area contributed by atoms with Crippen molar-refractivity contribution in [1.29, 1.82) is 0 Å². The number of piperazine rings is 1. The number of carbonyl (C=O) groups is 1. The van der Waals surface area contributed by atoms with E-state index in [0.717, 1.165) is 41.1 Å². The fraction of sp³-hybridized carbons (Fsp3) is 0.316. The molecule has 0 aliphatic carbocycles. The van der Waals surface area contributed by atoms with Crippen LogP contribution in [-0.2, 0) is 6.54 Å². The third kappa shape index (κ3) is 4.90. The number of nitrogens with zero attached hydrogens (tertiary/aromatic N) is 2. The van der Waals surface area contributed by atoms with Gasteiger partial charge in [-0.1, -0.05) is 27.5 Å². The summed E-state index contributed by atoms with van der Waals surface area (Å²) < 4.78 is 6.40. The molecule has 1 aliphatic heterocycles. The van der Waals surface area contributed by atoms with Crippen molar-refractivity contribution in [3.05, 3.63) is 57.5 Å². The van der Waals surface area contributed by atoms with E-state index in [1.165, 1.54) is 0 Å². The van der Waals surface area contributed by atoms with Gasteiger partial charge in [0, 0.05) is 53.5 Å². The first kappa shape index (κ1) is 19.0. The summed E-state index contributed by atoms with van der Waals surface area (Å²) in [5.41, 5.74) is 1.86. The van der Waals surface area contributed by atoms with Gasteiger partial charge in [-0.05, 0) is 42.5 Å². The van der Waals surface area contributed by atoms with Crippen LogP contribution in [0.4, 0.5) is 10.5 Å². The Bertz CT molecular complexity index is 762. The molecule has 0 atom stereocenters. The van der Waals surface area contributed by atoms with Gasteiger partial charge in [0.05, 0.1) is 7.11 Å². The van der Waals surface area contributed by atoms with Gasteiger partial charge in [0.25, 0.3) is 0 Å². The van der Waals surface area contributed by atoms with Crippen LogP contribution in [0, 0.1) is 0 Å². The Kier molecular flexibility index (Phi) is 6.40. The Morgan fingerprint density at radius 1 is 1.15 bits per heavy atom. The fourth-order valence-corrected chi connectivity index (χ4v) is 3.42. The number of nitrogens with one attached hydrogen (secondary N) is 1. The van der Waals surface area contributed by atoms with Gasteiger partial charge < -0.3 is 15.0 Å². The highest BCUT2D eigenvalue weighted by Crippen LogP contribution is 2.24. The topological polar surface area (TPSA) is 44.8 Å². The average molecular weight is 439 g/mol. The van der Waals surface area contributed by atoms with E-state index in [1.807, 2.05) is 47.4 Å². The van der Waals surface area contributed by atoms with Gasteiger partial charge in [0.2, 0.25) is 0 Å². The highest BCUT2D eigenvalue weighted by Gasteiger charge is 2.22. The standard InChI is InChI=1S/C19H21BrClN3O2/c1-26-18-7-4-16(21)12-14(18)13-23-8-10-24(11-9-23)19(25)22-17-5-2-15(20)3-6-17/h2-7,12H,8-11,13H2,1H3,(H,22,25). The highest BCUT2D eigenvalue weighted by molar-refractivity contribution is 9.10. The first-order chi connectivity index (χ1) is 12.5. The summed E-state index contributed by atoms with van der Waals surface area (Å²) in [6, 6.07) is 13.2. The minimum atomic E-state index is -0.0627. The predicted molar refractivity (Wildman–Crippen MR) is 108 cm³/mol. The third-order valence-corrected chi connectivity index (χ3v) is 5.16. The zero-order chi connectivity index (χ0) is 18.5. The van der Waals surface area contributed by atoms with E-state index in [2.05, 4.69) is 26.1 Å². The second kappa shape index (κ2) is 8.75. The van der Waals surface area contributed by atoms with Crippen LogP contribution >= 0.6 is 27.5 Å². The molecule has 0 aromatic heterocycles. The van der Waals surface area contributed by atoms with Crippen molar-refractivity contribution in [2.24, 2.45) is 0 Å². The van der Waals surface area contributed by atoms with Gasteiger partial charge in [0.15, 0.2) is 0 Å². The largest absolute Gasteiger partial charge is 0.496 e. The highest BCUT2D eigenvalue weighted by atomic mass is 79.9. The van der Waals surface area contributed by atoms with E-state index in [1.54, 1.807) is 7.11 Å². The lowest BCUT2D eigenvalue weighted by Gasteiger charge is -2.34. The van der Waals surface area contributed by atoms with Crippen molar-refractivity contribution in [1.82, 2.24) is 9.80 Å². The minimum Gasteiger partial charge on any atom is -0.496 e. The maximum absolute atomic E-state index is 12.4. The molecule has 138 valence electrons. The number of halogens is 2. The molecule has 26 heavy (non-hydrogen) atoms. The molecule has 2 amide bonds. The van der Waals surface area contributed by atoms with E-state index >= 15 is 0 Å². The molecular formula is C19H21BrClN3O2. The summed E-state index contributed by atoms with van der Waals surface area (Å²) in [7, 11) is 1.66. The zero-order valence-electron chi connectivity index (χ0n) is 14.5. The van der Waals surface area contributed by atoms with Crippen LogP contribution in [0.3, 0.4) is 0 Å². The quantitative estimate of drug-likeness (QED) is 0.766. The van der Waals surface area contributed by atoms with E-state index in [-0.39, 0.29) is 6.03 Å². The van der Waals surface area contributed by atoms with Crippen LogP contribution in [0.5, 0.6) is 5.75 Å². The molecule has 1 saturated heterocycles. The van der Waals surface area contributed by atoms with Gasteiger partial charge in [-0.15, -0.1) is 0 Å². The summed E-state index contributed by atoms with van der Waals surface area (Å²) in [5, 5.41) is 3.64. The Balaban J connectivity index is 1.53. The first-order valence-corrected chi connectivity index (χ1v) is 9.58. The zero-order valence-corrected chi connectivity index (χ0v) is 16.9. The molecule has 7 heteroatoms. The summed E-state index contributed by atoms with van der Waals surface area (Å²) >= 11 is 9.50. The fourth-order valence-electron chi connectivity index (χ4n) is 2.96. The Morgan fingerprint density at radius 2 is 1.85 bits per heavy atom. The van der Waals surface area contributed by atoms with Gasteiger partial charge in [-0.2, -0.15) is 0 Å². The lowest BCUT2D eigenvalue weighted by Crippen LogP contribution is -2.49. The summed E-state index contributed by atoms with van der Waals surface area (Å²) in [4.78, 5) is 16.6. The van der Waals surface area contributed by atoms with Crippen molar-refractivity contribution in [3.63, 3.8) is 0 Å². The van der Waals surface area contributed by atoms with E-state index in [0.29, 0.717) is 18.1 Å². The molecule has 2 aromatic rings. The number of amides is 2. The van der Waals surface area contributed by atoms with Gasteiger partial charge in [0.1, 0.15) is 5.75 Å². The van der Waals surface area contributed by atoms with Crippen molar-refractivity contribution >= 4 is 39.2 Å². The van der Waals surface area contributed by atoms with Crippen molar-refractivity contribution < 1.29 is 9.53 Å². The lowest BCUT2D eigenvalue weighted by molar-refractivity contribution is 0.142. The molecule has 0 unspecified atom stereocenters. The third-order valence-electron chi connectivity index (χ3n) is 4.39. The number of hydrogen-bond donors (Lipinski definition) is 1. The molecule has 1 fully saturated rings. The molecule has 1 aliphatic rings. The molecule has 0 spiro atoms. The van der Waals surface area contributed by atoms with E-state index in [9.17, 15) is 4.79 Å². The van der Waals surface area contributed by atoms with E-state index in [4.69, 9.17) is 16.3 Å². The Morgan fingerprint density at radius 3 is 2.50 bits per heavy atom. The molecule has 1 N–H and O–H groups in total. The van der Waals surface area contributed by atoms with Crippen LogP contribution in [0.1, 0.15) is 5.56 Å². The molecule has 5 nitrogen and oxygen atoms in total. The van der Waals surface area contributed by atoms with Crippen LogP contribution < -0.4 is 10.1 Å². The number of rotatable bonds is 4. The van der Waals surface area contributed by atoms with Crippen molar-refractivity contribution in [3.8, 4) is 5.75 Å². The van der Waals surface area contributed by atoms with Crippen molar-refractivity contribution in [2.45, 2.75) is 6.54 Å². The first-order valence-electron chi connectivity index (χ1n) is 8.41. The molecular weight excluding hydrogens is 418 g/mol. The second-order valence-corrected chi connectivity index (χ2v) is 7.51. The molecule has 2 aromatic carbocycles. The number of carbonyl (C=O) groups excluding carboxylic acids is 1. The number of anilines is 1. The maximum atomic E-state index is 12.4. The second-order valence-electron chi connectivity index (χ2n) is 6.16. The number of ether oxygens (including phenoxy) is 1. The lowest BCUT2D eigenvalue weighted by atomic mass is 10.1. The predicted octanol–water partition coefficient (Wildman–Crippen LogP) is 4.46. The molecule has 1 heterocycles. The molecule has 0 saturated carbocycles. The van der Waals surface area contributed by atoms with Gasteiger partial charge in [-0.25, -0.2) is 4.79 Å². The number of hydrogen-bond acceptors (Lipinski definition) is 3. The summed E-state index contributed by atoms with van der Waals surface area (Å²) in [6.07, 6.45) is 0. The normalized spacial score (nSPS) is 15.0. The number of urea groups is 1. The van der Waals surface area contributed by atoms with Crippen LogP contribution in [0.2, 0.25) is 5.02 Å². The maximum Gasteiger partial charge on any atom is 0.321 e. The monoisotopic (exact) mass is 437 g/mol. The Labute approximate surface area is 167 Å². The van der Waals surface area contributed by atoms with Crippen LogP contribution in [-0.4, -0.2) is 49.1 Å². The van der Waals surface area contributed by atoms with E-state index < -0.39 is 0 Å². The summed E-state index contributed by atoms with van der Waals surface area (Å²) in [5.74, 6) is 0.838. The Hall–Kier alpha value is -1.76. The minimum absolute atomic E-state index is 0.0627. The number of methoxy groups -OCH3 is 1. The number of benzene rings is 2. The molecule has 0 radical (unpaired) electrons. The van der Waals surface area contributed by atoms with Gasteiger partial charge >= 0.3 is 6.03 Å². The molecule has 0 bridgehead atoms. The van der Waals surface area contributed by atoms with Crippen LogP contribution in [0.15, 0.2) is 46.9 Å². The summed E-state index contributed by atoms with van der Waals surface area (Å²) in [6.45, 7) is 3.75. The molecule has 3 rings (SSSR count). The smallest absolute Gasteiger partial charge is 0.321 e. The average Bonchev–Trinajstić information content (AvgIpc) is 2.64. The van der Waals surface area contributed by atoms with Gasteiger partial charge in [-0.3, -0.25) is 4.90 Å². The van der Waals surface area contributed by atoms with Crippen LogP contribution in [0.25, 0.3) is 0 Å².